The second-order valence-electron chi connectivity index (χ2n) is 8.67. The molecule has 3 heterocycles. The topological polar surface area (TPSA) is 101 Å². The summed E-state index contributed by atoms with van der Waals surface area (Å²) in [6.07, 6.45) is 2.21. The number of amidine groups is 1. The predicted octanol–water partition coefficient (Wildman–Crippen LogP) is 4.16. The second-order valence-corrected chi connectivity index (χ2v) is 10.0. The van der Waals surface area contributed by atoms with Crippen LogP contribution in [-0.4, -0.2) is 31.0 Å². The Hall–Kier alpha value is -3.19. The summed E-state index contributed by atoms with van der Waals surface area (Å²) in [5.74, 6) is -2.34. The van der Waals surface area contributed by atoms with Crippen LogP contribution in [0.15, 0.2) is 35.7 Å². The molecule has 0 spiro atoms. The van der Waals surface area contributed by atoms with Crippen molar-refractivity contribution >= 4 is 28.0 Å². The molecule has 5 rings (SSSR count). The molecule has 0 radical (unpaired) electrons. The van der Waals surface area contributed by atoms with Crippen LogP contribution < -0.4 is 5.73 Å². The zero-order valence-corrected chi connectivity index (χ0v) is 18.6. The van der Waals surface area contributed by atoms with E-state index in [4.69, 9.17) is 11.0 Å². The predicted molar refractivity (Wildman–Crippen MR) is 119 cm³/mol. The van der Waals surface area contributed by atoms with E-state index in [1.807, 2.05) is 6.07 Å². The number of nitriles is 1. The van der Waals surface area contributed by atoms with Gasteiger partial charge in [0.15, 0.2) is 16.8 Å². The number of rotatable bonds is 4. The highest BCUT2D eigenvalue weighted by Crippen LogP contribution is 2.67. The van der Waals surface area contributed by atoms with Gasteiger partial charge in [0.2, 0.25) is 0 Å². The van der Waals surface area contributed by atoms with Gasteiger partial charge in [-0.1, -0.05) is 11.8 Å². The van der Waals surface area contributed by atoms with E-state index < -0.39 is 28.1 Å². The van der Waals surface area contributed by atoms with E-state index in [1.165, 1.54) is 31.2 Å². The number of thioether (sulfide) groups is 1. The van der Waals surface area contributed by atoms with Crippen LogP contribution in [0.25, 0.3) is 11.0 Å². The van der Waals surface area contributed by atoms with Gasteiger partial charge in [-0.2, -0.15) is 5.26 Å². The van der Waals surface area contributed by atoms with Gasteiger partial charge in [-0.3, -0.25) is 9.98 Å². The first-order valence-electron chi connectivity index (χ1n) is 10.3. The van der Waals surface area contributed by atoms with E-state index in [1.54, 1.807) is 19.1 Å². The van der Waals surface area contributed by atoms with Gasteiger partial charge in [-0.05, 0) is 44.0 Å². The number of hydrogen-bond acceptors (Lipinski definition) is 7. The highest BCUT2D eigenvalue weighted by molar-refractivity contribution is 8.15. The molecule has 0 saturated heterocycles. The Morgan fingerprint density at radius 2 is 2.06 bits per heavy atom. The molecule has 1 aliphatic carbocycles. The third-order valence-corrected chi connectivity index (χ3v) is 8.08. The first-order chi connectivity index (χ1) is 15.7. The molecule has 33 heavy (non-hydrogen) atoms. The number of nitrogens with two attached hydrogens (primary N) is 1. The highest BCUT2D eigenvalue weighted by Gasteiger charge is 2.69. The third kappa shape index (κ3) is 3.33. The summed E-state index contributed by atoms with van der Waals surface area (Å²) in [7, 11) is 0. The molecular formula is C23H19F3N6S. The first kappa shape index (κ1) is 21.6. The van der Waals surface area contributed by atoms with Crippen molar-refractivity contribution in [2.75, 3.05) is 0 Å². The normalized spacial score (nSPS) is 26.9. The Morgan fingerprint density at radius 3 is 2.79 bits per heavy atom. The molecule has 1 fully saturated rings. The number of benzene rings is 1. The number of halogens is 3. The quantitative estimate of drug-likeness (QED) is 0.617. The summed E-state index contributed by atoms with van der Waals surface area (Å²) >= 11 is 1.18. The Balaban J connectivity index is 1.58. The molecule has 2 N–H and O–H groups in total. The Labute approximate surface area is 192 Å². The number of fused-ring (bicyclic) bond motifs is 2. The van der Waals surface area contributed by atoms with Crippen molar-refractivity contribution in [3.8, 4) is 6.07 Å². The lowest BCUT2D eigenvalue weighted by Gasteiger charge is -2.35. The molecule has 4 atom stereocenters. The molecule has 1 aromatic carbocycles. The minimum atomic E-state index is -1.19. The first-order valence-corrected chi connectivity index (χ1v) is 11.2. The molecule has 10 heteroatoms. The minimum Gasteiger partial charge on any atom is -0.378 e. The van der Waals surface area contributed by atoms with E-state index in [0.717, 1.165) is 6.07 Å². The van der Waals surface area contributed by atoms with Crippen molar-refractivity contribution in [2.45, 2.75) is 43.1 Å². The summed E-state index contributed by atoms with van der Waals surface area (Å²) in [5.41, 5.74) is 7.14. The molecule has 1 unspecified atom stereocenters. The molecule has 1 saturated carbocycles. The Kier molecular flexibility index (Phi) is 4.86. The molecule has 6 nitrogen and oxygen atoms in total. The number of nitrogens with zero attached hydrogens (tertiary/aromatic N) is 5. The molecular weight excluding hydrogens is 449 g/mol. The molecule has 2 aromatic heterocycles. The molecule has 1 aliphatic heterocycles. The standard InChI is InChI=1S/C23H19F3N6S/c1-11(24)23-7-18(23)22(2,32-21(28)33-23)14-3-12(4-15(25)19(14)26)5-16-20-17(31-10-30-16)6-13(8-27)9-29-20/h3-4,6,9-11,18H,5,7H2,1-2H3,(H2,28,32)/t11?,18-,22+,23+/m0/s1. The van der Waals surface area contributed by atoms with Crippen LogP contribution in [0.4, 0.5) is 13.2 Å². The highest BCUT2D eigenvalue weighted by atomic mass is 32.2. The summed E-state index contributed by atoms with van der Waals surface area (Å²) in [6.45, 7) is 3.14. The van der Waals surface area contributed by atoms with Crippen LogP contribution in [0.5, 0.6) is 0 Å². The fourth-order valence-corrected chi connectivity index (χ4v) is 6.24. The van der Waals surface area contributed by atoms with E-state index >= 15 is 4.39 Å². The van der Waals surface area contributed by atoms with Crippen LogP contribution in [-0.2, 0) is 12.0 Å². The fourth-order valence-electron chi connectivity index (χ4n) is 4.84. The van der Waals surface area contributed by atoms with Crippen molar-refractivity contribution in [1.82, 2.24) is 15.0 Å². The lowest BCUT2D eigenvalue weighted by atomic mass is 9.84. The van der Waals surface area contributed by atoms with E-state index in [-0.39, 0.29) is 23.1 Å². The van der Waals surface area contributed by atoms with Crippen LogP contribution >= 0.6 is 11.8 Å². The van der Waals surface area contributed by atoms with E-state index in [9.17, 15) is 8.78 Å². The SMILES string of the molecule is CC(F)[C@]12C[C@H]1[C@@](C)(c1cc(Cc3ncnc4cc(C#N)cnc34)cc(F)c1F)N=C(N)S2. The van der Waals surface area contributed by atoms with Crippen molar-refractivity contribution in [3.63, 3.8) is 0 Å². The van der Waals surface area contributed by atoms with Gasteiger partial charge < -0.3 is 5.73 Å². The van der Waals surface area contributed by atoms with Crippen molar-refractivity contribution in [1.29, 1.82) is 5.26 Å². The van der Waals surface area contributed by atoms with Crippen molar-refractivity contribution in [2.24, 2.45) is 16.6 Å². The maximum Gasteiger partial charge on any atom is 0.164 e. The van der Waals surface area contributed by atoms with Gasteiger partial charge >= 0.3 is 0 Å². The molecule has 3 aromatic rings. The summed E-state index contributed by atoms with van der Waals surface area (Å²) in [6, 6.07) is 6.26. The van der Waals surface area contributed by atoms with E-state index in [0.29, 0.717) is 34.3 Å². The Morgan fingerprint density at radius 1 is 1.27 bits per heavy atom. The number of alkyl halides is 1. The maximum absolute atomic E-state index is 15.1. The fraction of sp³-hybridized carbons (Fsp3) is 0.348. The van der Waals surface area contributed by atoms with Gasteiger partial charge in [0, 0.05) is 24.1 Å². The van der Waals surface area contributed by atoms with Gasteiger partial charge in [0.1, 0.15) is 24.1 Å². The van der Waals surface area contributed by atoms with Crippen LogP contribution in [0, 0.1) is 28.9 Å². The average molecular weight is 469 g/mol. The van der Waals surface area contributed by atoms with Gasteiger partial charge in [-0.15, -0.1) is 0 Å². The number of aliphatic imine (C=N–C) groups is 1. The largest absolute Gasteiger partial charge is 0.378 e. The molecule has 168 valence electrons. The molecule has 0 amide bonds. The molecule has 2 aliphatic rings. The minimum absolute atomic E-state index is 0.0476. The second kappa shape index (κ2) is 7.42. The third-order valence-electron chi connectivity index (χ3n) is 6.63. The van der Waals surface area contributed by atoms with Crippen LogP contribution in [0.1, 0.15) is 42.7 Å². The van der Waals surface area contributed by atoms with Crippen molar-refractivity contribution in [3.05, 3.63) is 64.7 Å². The zero-order chi connectivity index (χ0) is 23.5. The smallest absolute Gasteiger partial charge is 0.164 e. The van der Waals surface area contributed by atoms with Gasteiger partial charge in [0.25, 0.3) is 0 Å². The number of hydrogen-bond donors (Lipinski definition) is 1. The van der Waals surface area contributed by atoms with Gasteiger partial charge in [-0.25, -0.2) is 23.1 Å². The maximum atomic E-state index is 15.1. The Bertz CT molecular complexity index is 1370. The zero-order valence-electron chi connectivity index (χ0n) is 17.8. The van der Waals surface area contributed by atoms with Crippen LogP contribution in [0.2, 0.25) is 0 Å². The van der Waals surface area contributed by atoms with Crippen molar-refractivity contribution < 1.29 is 13.2 Å². The number of aromatic nitrogens is 3. The average Bonchev–Trinajstić information content (AvgIpc) is 3.53. The summed E-state index contributed by atoms with van der Waals surface area (Å²) < 4.78 is 43.5. The lowest BCUT2D eigenvalue weighted by Crippen LogP contribution is -2.39. The summed E-state index contributed by atoms with van der Waals surface area (Å²) in [5, 5.41) is 9.24. The monoisotopic (exact) mass is 468 g/mol. The van der Waals surface area contributed by atoms with Crippen LogP contribution in [0.3, 0.4) is 0 Å². The molecule has 0 bridgehead atoms. The summed E-state index contributed by atoms with van der Waals surface area (Å²) in [4.78, 5) is 17.2. The number of pyridine rings is 1. The lowest BCUT2D eigenvalue weighted by molar-refractivity contribution is 0.295. The van der Waals surface area contributed by atoms with E-state index in [2.05, 4.69) is 19.9 Å². The van der Waals surface area contributed by atoms with Gasteiger partial charge in [0.05, 0.1) is 27.1 Å².